The van der Waals surface area contributed by atoms with Crippen LogP contribution >= 0.6 is 0 Å². The summed E-state index contributed by atoms with van der Waals surface area (Å²) in [6.45, 7) is 2.69. The second kappa shape index (κ2) is 11.9. The van der Waals surface area contributed by atoms with Crippen LogP contribution in [0, 0.1) is 17.6 Å². The van der Waals surface area contributed by atoms with Crippen molar-refractivity contribution >= 4 is 17.8 Å². The number of rotatable bonds is 8. The molecular formula is C24H33F2N3O6. The summed E-state index contributed by atoms with van der Waals surface area (Å²) in [6, 6.07) is 2.22. The Morgan fingerprint density at radius 1 is 1.26 bits per heavy atom. The Balaban J connectivity index is 0.000000363. The Bertz CT molecular complexity index is 917. The van der Waals surface area contributed by atoms with Gasteiger partial charge in [-0.2, -0.15) is 4.65 Å². The van der Waals surface area contributed by atoms with Gasteiger partial charge in [0.1, 0.15) is 13.1 Å². The first-order chi connectivity index (χ1) is 16.6. The Morgan fingerprint density at radius 2 is 1.94 bits per heavy atom. The van der Waals surface area contributed by atoms with E-state index in [0.29, 0.717) is 32.0 Å². The van der Waals surface area contributed by atoms with Crippen LogP contribution in [-0.4, -0.2) is 78.0 Å². The summed E-state index contributed by atoms with van der Waals surface area (Å²) in [5, 5.41) is 22.9. The summed E-state index contributed by atoms with van der Waals surface area (Å²) in [5.74, 6) is -3.77. The molecule has 35 heavy (non-hydrogen) atoms. The molecule has 9 nitrogen and oxygen atoms in total. The highest BCUT2D eigenvalue weighted by atomic mass is 19.2. The van der Waals surface area contributed by atoms with E-state index >= 15 is 0 Å². The molecule has 1 aromatic carbocycles. The third-order valence-corrected chi connectivity index (χ3v) is 6.57. The molecule has 1 aliphatic carbocycles. The van der Waals surface area contributed by atoms with Gasteiger partial charge in [-0.25, -0.2) is 14.0 Å². The van der Waals surface area contributed by atoms with Crippen LogP contribution in [0.2, 0.25) is 0 Å². The number of benzene rings is 1. The van der Waals surface area contributed by atoms with Crippen molar-refractivity contribution in [1.29, 1.82) is 0 Å². The number of morpholine rings is 1. The van der Waals surface area contributed by atoms with E-state index < -0.39 is 35.6 Å². The number of hydroxylamine groups is 3. The van der Waals surface area contributed by atoms with Crippen LogP contribution in [0.5, 0.6) is 0 Å². The summed E-state index contributed by atoms with van der Waals surface area (Å²) in [4.78, 5) is 36.9. The number of quaternary nitrogens is 1. The number of carboxylic acid groups (broad SMARTS) is 1. The molecule has 2 amide bonds. The Morgan fingerprint density at radius 3 is 2.51 bits per heavy atom. The zero-order chi connectivity index (χ0) is 25.6. The minimum Gasteiger partial charge on any atom is -0.548 e. The number of amides is 2. The van der Waals surface area contributed by atoms with Crippen molar-refractivity contribution in [1.82, 2.24) is 10.2 Å². The molecule has 11 heteroatoms. The van der Waals surface area contributed by atoms with Gasteiger partial charge in [0.25, 0.3) is 0 Å². The molecule has 194 valence electrons. The Hall–Kier alpha value is -2.63. The van der Waals surface area contributed by atoms with E-state index in [1.165, 1.54) is 17.0 Å². The molecule has 0 unspecified atom stereocenters. The molecule has 0 aromatic heterocycles. The topological polar surface area (TPSA) is 119 Å². The van der Waals surface area contributed by atoms with Crippen LogP contribution < -0.4 is 10.4 Å². The average molecular weight is 498 g/mol. The molecule has 0 bridgehead atoms. The van der Waals surface area contributed by atoms with Crippen LogP contribution in [0.15, 0.2) is 18.2 Å². The van der Waals surface area contributed by atoms with Crippen molar-refractivity contribution in [3.63, 3.8) is 0 Å². The van der Waals surface area contributed by atoms with Gasteiger partial charge in [0.05, 0.1) is 32.3 Å². The normalized spacial score (nSPS) is 22.2. The molecule has 3 fully saturated rings. The molecular weight excluding hydrogens is 464 g/mol. The van der Waals surface area contributed by atoms with Gasteiger partial charge < -0.3 is 24.9 Å². The quantitative estimate of drug-likeness (QED) is 0.512. The van der Waals surface area contributed by atoms with Crippen molar-refractivity contribution in [2.75, 3.05) is 33.4 Å². The van der Waals surface area contributed by atoms with Crippen LogP contribution in [0.4, 0.5) is 8.78 Å². The standard InChI is InChI=1S/C19H22F2N2O4.C5H12NO2/c20-14-3-1-2-12(18(14)21)10-23-13(6-7-17(23)25)9-16(24)22-15(19(26)27)8-11-4-5-11;1-6(7)2-4-8-5-3-6/h1-3,11,13,15H,4-10H2,(H,22,24)(H,26,27);7H,2-5H2,1H3/q;+1/p-1/t13-,15-;/m0./s1. The van der Waals surface area contributed by atoms with Crippen molar-refractivity contribution in [3.05, 3.63) is 35.4 Å². The molecule has 2 N–H and O–H groups in total. The SMILES string of the molecule is C[N+]1(O)CCOCC1.O=C(C[C@@H]1CCC(=O)N1Cc1cccc(F)c1F)N[C@@H](CC1CC1)C(=O)[O-]. The van der Waals surface area contributed by atoms with Crippen LogP contribution in [0.25, 0.3) is 0 Å². The first-order valence-corrected chi connectivity index (χ1v) is 11.9. The lowest BCUT2D eigenvalue weighted by Crippen LogP contribution is -2.49. The number of likely N-dealkylation sites (N-methyl/N-ethyl adjacent to an activating group) is 1. The number of ether oxygens (including phenoxy) is 1. The van der Waals surface area contributed by atoms with Gasteiger partial charge >= 0.3 is 0 Å². The fraction of sp³-hybridized carbons (Fsp3) is 0.625. The molecule has 4 rings (SSSR count). The number of nitrogens with one attached hydrogen (secondary N) is 1. The number of carbonyl (C=O) groups is 3. The van der Waals surface area contributed by atoms with E-state index in [4.69, 9.17) is 4.74 Å². The van der Waals surface area contributed by atoms with Crippen molar-refractivity contribution < 1.29 is 42.9 Å². The van der Waals surface area contributed by atoms with E-state index in [2.05, 4.69) is 5.32 Å². The monoisotopic (exact) mass is 497 g/mol. The smallest absolute Gasteiger partial charge is 0.223 e. The number of hydrogen-bond acceptors (Lipinski definition) is 6. The van der Waals surface area contributed by atoms with E-state index in [9.17, 15) is 33.5 Å². The molecule has 2 aliphatic heterocycles. The number of carboxylic acids is 1. The fourth-order valence-corrected chi connectivity index (χ4v) is 4.18. The third-order valence-electron chi connectivity index (χ3n) is 6.57. The number of likely N-dealkylation sites (tertiary alicyclic amines) is 1. The fourth-order valence-electron chi connectivity index (χ4n) is 4.18. The van der Waals surface area contributed by atoms with Crippen LogP contribution in [0.3, 0.4) is 0 Å². The second-order valence-electron chi connectivity index (χ2n) is 9.65. The molecule has 2 atom stereocenters. The van der Waals surface area contributed by atoms with Crippen molar-refractivity contribution in [2.24, 2.45) is 5.92 Å². The van der Waals surface area contributed by atoms with Gasteiger partial charge in [0, 0.05) is 31.0 Å². The first kappa shape index (κ1) is 27.0. The van der Waals surface area contributed by atoms with E-state index in [-0.39, 0.29) is 35.5 Å². The highest BCUT2D eigenvalue weighted by molar-refractivity contribution is 5.85. The van der Waals surface area contributed by atoms with Gasteiger partial charge in [-0.15, -0.1) is 0 Å². The van der Waals surface area contributed by atoms with Crippen LogP contribution in [0.1, 0.15) is 44.1 Å². The zero-order valence-electron chi connectivity index (χ0n) is 19.9. The molecule has 3 aliphatic rings. The maximum absolute atomic E-state index is 13.9. The van der Waals surface area contributed by atoms with Crippen molar-refractivity contribution in [3.8, 4) is 0 Å². The summed E-state index contributed by atoms with van der Waals surface area (Å²) >= 11 is 0. The van der Waals surface area contributed by atoms with Crippen LogP contribution in [-0.2, 0) is 25.7 Å². The lowest BCUT2D eigenvalue weighted by molar-refractivity contribution is -1.09. The maximum atomic E-state index is 13.9. The number of aliphatic carboxylic acids is 1. The van der Waals surface area contributed by atoms with Gasteiger partial charge in [-0.3, -0.25) is 9.59 Å². The summed E-state index contributed by atoms with van der Waals surface area (Å²) in [6.07, 6.45) is 2.77. The van der Waals surface area contributed by atoms with Gasteiger partial charge in [0.15, 0.2) is 11.6 Å². The molecule has 0 radical (unpaired) electrons. The summed E-state index contributed by atoms with van der Waals surface area (Å²) in [5.41, 5.74) is 0.0389. The lowest BCUT2D eigenvalue weighted by atomic mass is 10.1. The Kier molecular flexibility index (Phi) is 9.15. The number of hydrogen-bond donors (Lipinski definition) is 2. The van der Waals surface area contributed by atoms with E-state index in [0.717, 1.165) is 32.0 Å². The lowest BCUT2D eigenvalue weighted by Gasteiger charge is -2.28. The highest BCUT2D eigenvalue weighted by Crippen LogP contribution is 2.33. The summed E-state index contributed by atoms with van der Waals surface area (Å²) in [7, 11) is 1.79. The second-order valence-corrected chi connectivity index (χ2v) is 9.65. The maximum Gasteiger partial charge on any atom is 0.223 e. The molecule has 1 saturated carbocycles. The first-order valence-electron chi connectivity index (χ1n) is 11.9. The predicted molar refractivity (Wildman–Crippen MR) is 117 cm³/mol. The number of nitrogens with zero attached hydrogens (tertiary/aromatic N) is 2. The van der Waals surface area contributed by atoms with Gasteiger partial charge in [0.2, 0.25) is 11.8 Å². The van der Waals surface area contributed by atoms with Gasteiger partial charge in [-0.1, -0.05) is 25.0 Å². The Labute approximate surface area is 203 Å². The third kappa shape index (κ3) is 8.22. The highest BCUT2D eigenvalue weighted by Gasteiger charge is 2.34. The molecule has 1 aromatic rings. The molecule has 0 spiro atoms. The van der Waals surface area contributed by atoms with E-state index in [1.807, 2.05) is 0 Å². The molecule has 2 saturated heterocycles. The van der Waals surface area contributed by atoms with E-state index in [1.54, 1.807) is 7.05 Å². The van der Waals surface area contributed by atoms with Crippen molar-refractivity contribution in [2.45, 2.75) is 57.2 Å². The van der Waals surface area contributed by atoms with Gasteiger partial charge in [-0.05, 0) is 24.8 Å². The predicted octanol–water partition coefficient (Wildman–Crippen LogP) is 0.733. The number of halogens is 2. The molecule has 2 heterocycles. The zero-order valence-corrected chi connectivity index (χ0v) is 19.9. The largest absolute Gasteiger partial charge is 0.548 e. The summed E-state index contributed by atoms with van der Waals surface area (Å²) < 4.78 is 32.4. The average Bonchev–Trinajstić information content (AvgIpc) is 3.55. The minimum absolute atomic E-state index is 0.0389. The number of carbonyl (C=O) groups excluding carboxylic acids is 3. The minimum atomic E-state index is -1.32.